The van der Waals surface area contributed by atoms with E-state index in [1.807, 2.05) is 0 Å². The Hall–Kier alpha value is -3.40. The van der Waals surface area contributed by atoms with Gasteiger partial charge in [0.15, 0.2) is 11.3 Å². The van der Waals surface area contributed by atoms with Crippen molar-refractivity contribution in [1.82, 2.24) is 10.1 Å². The zero-order chi connectivity index (χ0) is 18.7. The van der Waals surface area contributed by atoms with E-state index < -0.39 is 11.9 Å². The Balaban J connectivity index is 1.94. The highest BCUT2D eigenvalue weighted by Crippen LogP contribution is 2.31. The number of methoxy groups -OCH3 is 2. The van der Waals surface area contributed by atoms with Crippen molar-refractivity contribution in [2.45, 2.75) is 0 Å². The molecule has 10 heteroatoms. The lowest BCUT2D eigenvalue weighted by Crippen LogP contribution is -2.15. The summed E-state index contributed by atoms with van der Waals surface area (Å²) in [5.41, 5.74) is -0.0536. The molecular weight excluding hydrogens is 362 g/mol. The van der Waals surface area contributed by atoms with E-state index in [2.05, 4.69) is 15.5 Å². The number of amides is 1. The molecule has 0 unspecified atom stereocenters. The molecule has 9 nitrogen and oxygen atoms in total. The molecule has 134 valence electrons. The van der Waals surface area contributed by atoms with E-state index >= 15 is 0 Å². The monoisotopic (exact) mass is 375 g/mol. The number of ether oxygens (including phenoxy) is 2. The first-order chi connectivity index (χ1) is 12.5. The van der Waals surface area contributed by atoms with Gasteiger partial charge in [-0.25, -0.2) is 9.78 Å². The van der Waals surface area contributed by atoms with Crippen molar-refractivity contribution >= 4 is 29.1 Å². The van der Waals surface area contributed by atoms with Crippen molar-refractivity contribution in [1.29, 1.82) is 0 Å². The third-order valence-corrected chi connectivity index (χ3v) is 4.20. The summed E-state index contributed by atoms with van der Waals surface area (Å²) in [4.78, 5) is 28.2. The highest BCUT2D eigenvalue weighted by Gasteiger charge is 2.27. The SMILES string of the molecule is COc1ccc(C(=O)Nc2onc(-c3nccs3)c2C(=O)O)c(OC)c1. The number of carbonyl (C=O) groups is 2. The fraction of sp³-hybridized carbons (Fsp3) is 0.125. The van der Waals surface area contributed by atoms with Crippen molar-refractivity contribution in [3.63, 3.8) is 0 Å². The van der Waals surface area contributed by atoms with E-state index in [0.29, 0.717) is 10.8 Å². The molecule has 0 atom stereocenters. The summed E-state index contributed by atoms with van der Waals surface area (Å²) >= 11 is 1.20. The summed E-state index contributed by atoms with van der Waals surface area (Å²) in [7, 11) is 2.89. The average molecular weight is 375 g/mol. The molecule has 0 bridgehead atoms. The molecule has 0 saturated heterocycles. The summed E-state index contributed by atoms with van der Waals surface area (Å²) in [5, 5.41) is 17.6. The number of anilines is 1. The lowest BCUT2D eigenvalue weighted by atomic mass is 10.1. The maximum absolute atomic E-state index is 12.5. The van der Waals surface area contributed by atoms with Crippen LogP contribution in [0.5, 0.6) is 11.5 Å². The predicted octanol–water partition coefficient (Wildman–Crippen LogP) is 2.77. The van der Waals surface area contributed by atoms with Crippen LogP contribution in [0.1, 0.15) is 20.7 Å². The molecule has 1 aromatic carbocycles. The summed E-state index contributed by atoms with van der Waals surface area (Å²) in [6.45, 7) is 0. The number of carbonyl (C=O) groups excluding carboxylic acids is 1. The van der Waals surface area contributed by atoms with Gasteiger partial charge in [-0.2, -0.15) is 0 Å². The summed E-state index contributed by atoms with van der Waals surface area (Å²) in [5.74, 6) is -1.43. The molecule has 2 N–H and O–H groups in total. The van der Waals surface area contributed by atoms with E-state index in [9.17, 15) is 14.7 Å². The second kappa shape index (κ2) is 7.23. The third-order valence-electron chi connectivity index (χ3n) is 3.42. The molecule has 3 aromatic rings. The van der Waals surface area contributed by atoms with Crippen molar-refractivity contribution in [2.24, 2.45) is 0 Å². The molecule has 0 aliphatic heterocycles. The van der Waals surface area contributed by atoms with E-state index in [-0.39, 0.29) is 28.5 Å². The normalized spacial score (nSPS) is 10.4. The van der Waals surface area contributed by atoms with Crippen LogP contribution in [0.2, 0.25) is 0 Å². The number of nitrogens with one attached hydrogen (secondary N) is 1. The van der Waals surface area contributed by atoms with Gasteiger partial charge in [-0.05, 0) is 12.1 Å². The zero-order valence-electron chi connectivity index (χ0n) is 13.7. The molecule has 0 fully saturated rings. The largest absolute Gasteiger partial charge is 0.497 e. The number of carboxylic acids is 1. The van der Waals surface area contributed by atoms with Crippen LogP contribution < -0.4 is 14.8 Å². The fourth-order valence-corrected chi connectivity index (χ4v) is 2.84. The van der Waals surface area contributed by atoms with Crippen LogP contribution >= 0.6 is 11.3 Å². The van der Waals surface area contributed by atoms with Crippen LogP contribution in [0.4, 0.5) is 5.88 Å². The highest BCUT2D eigenvalue weighted by molar-refractivity contribution is 7.13. The van der Waals surface area contributed by atoms with Crippen molar-refractivity contribution in [3.8, 4) is 22.2 Å². The number of aromatic carboxylic acids is 1. The Bertz CT molecular complexity index is 951. The maximum Gasteiger partial charge on any atom is 0.343 e. The van der Waals surface area contributed by atoms with Crippen molar-refractivity contribution < 1.29 is 28.7 Å². The molecule has 0 saturated carbocycles. The standard InChI is InChI=1S/C16H13N3O6S/c1-23-8-3-4-9(10(7-8)24-2)13(20)18-14-11(16(21)22)12(19-25-14)15-17-5-6-26-15/h3-7H,1-2H3,(H,18,20)(H,21,22). The molecular formula is C16H13N3O6S. The van der Waals surface area contributed by atoms with Gasteiger partial charge in [0.25, 0.3) is 5.91 Å². The quantitative estimate of drug-likeness (QED) is 0.674. The summed E-state index contributed by atoms with van der Waals surface area (Å²) in [6, 6.07) is 4.61. The Morgan fingerprint density at radius 2 is 2.08 bits per heavy atom. The second-order valence-electron chi connectivity index (χ2n) is 4.90. The number of benzene rings is 1. The minimum Gasteiger partial charge on any atom is -0.497 e. The molecule has 2 aromatic heterocycles. The van der Waals surface area contributed by atoms with Crippen molar-refractivity contribution in [2.75, 3.05) is 19.5 Å². The first-order valence-corrected chi connectivity index (χ1v) is 8.09. The molecule has 0 aliphatic rings. The van der Waals surface area contributed by atoms with Gasteiger partial charge in [0, 0.05) is 17.6 Å². The van der Waals surface area contributed by atoms with Crippen LogP contribution in [0.3, 0.4) is 0 Å². The van der Waals surface area contributed by atoms with Gasteiger partial charge >= 0.3 is 5.97 Å². The lowest BCUT2D eigenvalue weighted by Gasteiger charge is -2.09. The fourth-order valence-electron chi connectivity index (χ4n) is 2.22. The Kier molecular flexibility index (Phi) is 4.85. The van der Waals surface area contributed by atoms with E-state index in [0.717, 1.165) is 0 Å². The van der Waals surface area contributed by atoms with Gasteiger partial charge in [-0.3, -0.25) is 10.1 Å². The Morgan fingerprint density at radius 1 is 1.27 bits per heavy atom. The van der Waals surface area contributed by atoms with Gasteiger partial charge < -0.3 is 19.1 Å². The Labute approximate surface area is 151 Å². The van der Waals surface area contributed by atoms with Crippen LogP contribution in [-0.4, -0.2) is 41.3 Å². The van der Waals surface area contributed by atoms with Gasteiger partial charge in [0.2, 0.25) is 5.88 Å². The van der Waals surface area contributed by atoms with Gasteiger partial charge in [-0.15, -0.1) is 11.3 Å². The maximum atomic E-state index is 12.5. The topological polar surface area (TPSA) is 124 Å². The van der Waals surface area contributed by atoms with E-state index in [1.165, 1.54) is 43.9 Å². The van der Waals surface area contributed by atoms with E-state index in [4.69, 9.17) is 14.0 Å². The minimum absolute atomic E-state index is 0.0458. The molecule has 26 heavy (non-hydrogen) atoms. The van der Waals surface area contributed by atoms with Crippen LogP contribution in [0, 0.1) is 0 Å². The molecule has 3 rings (SSSR count). The number of hydrogen-bond donors (Lipinski definition) is 2. The van der Waals surface area contributed by atoms with Crippen LogP contribution in [0.15, 0.2) is 34.3 Å². The zero-order valence-corrected chi connectivity index (χ0v) is 14.5. The highest BCUT2D eigenvalue weighted by atomic mass is 32.1. The lowest BCUT2D eigenvalue weighted by molar-refractivity contribution is 0.0698. The van der Waals surface area contributed by atoms with Crippen molar-refractivity contribution in [3.05, 3.63) is 40.9 Å². The average Bonchev–Trinajstić information content (AvgIpc) is 3.30. The van der Waals surface area contributed by atoms with E-state index in [1.54, 1.807) is 11.4 Å². The van der Waals surface area contributed by atoms with Crippen LogP contribution in [0.25, 0.3) is 10.7 Å². The molecule has 2 heterocycles. The molecule has 0 radical (unpaired) electrons. The number of nitrogens with zero attached hydrogens (tertiary/aromatic N) is 2. The van der Waals surface area contributed by atoms with Crippen LogP contribution in [-0.2, 0) is 0 Å². The predicted molar refractivity (Wildman–Crippen MR) is 92.1 cm³/mol. The summed E-state index contributed by atoms with van der Waals surface area (Å²) < 4.78 is 15.3. The number of carboxylic acid groups (broad SMARTS) is 1. The number of rotatable bonds is 6. The summed E-state index contributed by atoms with van der Waals surface area (Å²) in [6.07, 6.45) is 1.51. The molecule has 1 amide bonds. The minimum atomic E-state index is -1.30. The number of aromatic nitrogens is 2. The molecule has 0 spiro atoms. The van der Waals surface area contributed by atoms with Gasteiger partial charge in [0.1, 0.15) is 16.5 Å². The second-order valence-corrected chi connectivity index (χ2v) is 5.79. The first kappa shape index (κ1) is 17.4. The molecule has 0 aliphatic carbocycles. The number of hydrogen-bond acceptors (Lipinski definition) is 8. The van der Waals surface area contributed by atoms with Gasteiger partial charge in [-0.1, -0.05) is 5.16 Å². The number of thiazole rings is 1. The first-order valence-electron chi connectivity index (χ1n) is 7.21. The third kappa shape index (κ3) is 3.22. The van der Waals surface area contributed by atoms with Gasteiger partial charge in [0.05, 0.1) is 19.8 Å². The smallest absolute Gasteiger partial charge is 0.343 e. The Morgan fingerprint density at radius 3 is 2.69 bits per heavy atom.